The molecular weight excluding hydrogens is 290 g/mol. The second-order valence-electron chi connectivity index (χ2n) is 6.75. The summed E-state index contributed by atoms with van der Waals surface area (Å²) in [7, 11) is 0. The zero-order valence-corrected chi connectivity index (χ0v) is 13.8. The molecule has 0 radical (unpaired) electrons. The standard InChI is InChI=1S/C17H23N5O/c1-12-9-13(2)22(19-12)14-6-8-20(11-14)17(23)15-10-18-21-7-4-3-5-16(15)21/h9-10,14H,3-8,11H2,1-2H3. The number of amides is 1. The van der Waals surface area contributed by atoms with Crippen molar-refractivity contribution in [2.24, 2.45) is 0 Å². The van der Waals surface area contributed by atoms with Gasteiger partial charge < -0.3 is 4.90 Å². The van der Waals surface area contributed by atoms with Gasteiger partial charge in [0.2, 0.25) is 0 Å². The number of likely N-dealkylation sites (tertiary alicyclic amines) is 1. The van der Waals surface area contributed by atoms with Crippen LogP contribution in [0.15, 0.2) is 12.3 Å². The van der Waals surface area contributed by atoms with Crippen LogP contribution in [0.2, 0.25) is 0 Å². The van der Waals surface area contributed by atoms with E-state index in [1.807, 2.05) is 16.5 Å². The Hall–Kier alpha value is -2.11. The van der Waals surface area contributed by atoms with Crippen molar-refractivity contribution in [1.82, 2.24) is 24.5 Å². The van der Waals surface area contributed by atoms with Gasteiger partial charge in [0.25, 0.3) is 5.91 Å². The zero-order valence-electron chi connectivity index (χ0n) is 13.8. The van der Waals surface area contributed by atoms with Crippen molar-refractivity contribution in [2.75, 3.05) is 13.1 Å². The molecule has 6 nitrogen and oxygen atoms in total. The monoisotopic (exact) mass is 313 g/mol. The van der Waals surface area contributed by atoms with Gasteiger partial charge in [-0.05, 0) is 45.6 Å². The van der Waals surface area contributed by atoms with E-state index in [0.717, 1.165) is 62.3 Å². The van der Waals surface area contributed by atoms with Crippen molar-refractivity contribution in [3.8, 4) is 0 Å². The maximum absolute atomic E-state index is 12.9. The van der Waals surface area contributed by atoms with Gasteiger partial charge >= 0.3 is 0 Å². The first kappa shape index (κ1) is 14.5. The smallest absolute Gasteiger partial charge is 0.257 e. The predicted molar refractivity (Wildman–Crippen MR) is 86.4 cm³/mol. The average Bonchev–Trinajstić information content (AvgIpc) is 3.24. The minimum absolute atomic E-state index is 0.136. The van der Waals surface area contributed by atoms with E-state index >= 15 is 0 Å². The molecule has 4 heterocycles. The molecule has 4 rings (SSSR count). The molecule has 0 saturated carbocycles. The van der Waals surface area contributed by atoms with Crippen LogP contribution in [0.3, 0.4) is 0 Å². The third-order valence-corrected chi connectivity index (χ3v) is 5.05. The van der Waals surface area contributed by atoms with E-state index in [1.54, 1.807) is 6.20 Å². The number of hydrogen-bond donors (Lipinski definition) is 0. The number of rotatable bonds is 2. The fraction of sp³-hybridized carbons (Fsp3) is 0.588. The summed E-state index contributed by atoms with van der Waals surface area (Å²) in [6.45, 7) is 6.58. The summed E-state index contributed by atoms with van der Waals surface area (Å²) in [6, 6.07) is 2.39. The van der Waals surface area contributed by atoms with Crippen molar-refractivity contribution < 1.29 is 4.79 Å². The number of hydrogen-bond acceptors (Lipinski definition) is 3. The van der Waals surface area contributed by atoms with E-state index in [0.29, 0.717) is 6.04 Å². The van der Waals surface area contributed by atoms with Crippen LogP contribution in [0, 0.1) is 13.8 Å². The normalized spacial score (nSPS) is 20.8. The molecule has 2 aliphatic rings. The molecule has 1 saturated heterocycles. The lowest BCUT2D eigenvalue weighted by atomic mass is 10.1. The van der Waals surface area contributed by atoms with E-state index in [1.165, 1.54) is 5.69 Å². The number of aryl methyl sites for hydroxylation is 3. The summed E-state index contributed by atoms with van der Waals surface area (Å²) in [4.78, 5) is 14.9. The molecule has 122 valence electrons. The average molecular weight is 313 g/mol. The Balaban J connectivity index is 1.52. The summed E-state index contributed by atoms with van der Waals surface area (Å²) in [5.74, 6) is 0.136. The van der Waals surface area contributed by atoms with Crippen molar-refractivity contribution in [2.45, 2.75) is 52.1 Å². The highest BCUT2D eigenvalue weighted by molar-refractivity contribution is 5.95. The second-order valence-corrected chi connectivity index (χ2v) is 6.75. The molecule has 0 aliphatic carbocycles. The number of carbonyl (C=O) groups excluding carboxylic acids is 1. The summed E-state index contributed by atoms with van der Waals surface area (Å²) in [5, 5.41) is 8.98. The topological polar surface area (TPSA) is 56.0 Å². The second kappa shape index (κ2) is 5.51. The summed E-state index contributed by atoms with van der Waals surface area (Å²) >= 11 is 0. The van der Waals surface area contributed by atoms with Gasteiger partial charge in [0.15, 0.2) is 0 Å². The van der Waals surface area contributed by atoms with Gasteiger partial charge in [0, 0.05) is 25.3 Å². The van der Waals surface area contributed by atoms with Gasteiger partial charge in [-0.3, -0.25) is 14.2 Å². The van der Waals surface area contributed by atoms with E-state index in [2.05, 4.69) is 27.9 Å². The van der Waals surface area contributed by atoms with Gasteiger partial charge in [-0.1, -0.05) is 0 Å². The highest BCUT2D eigenvalue weighted by Gasteiger charge is 2.31. The Morgan fingerprint density at radius 1 is 1.26 bits per heavy atom. The van der Waals surface area contributed by atoms with E-state index in [4.69, 9.17) is 0 Å². The van der Waals surface area contributed by atoms with Gasteiger partial charge in [-0.15, -0.1) is 0 Å². The molecule has 23 heavy (non-hydrogen) atoms. The third-order valence-electron chi connectivity index (χ3n) is 5.05. The lowest BCUT2D eigenvalue weighted by Crippen LogP contribution is -2.30. The quantitative estimate of drug-likeness (QED) is 0.853. The maximum Gasteiger partial charge on any atom is 0.257 e. The number of nitrogens with zero attached hydrogens (tertiary/aromatic N) is 5. The van der Waals surface area contributed by atoms with Crippen LogP contribution in [0.1, 0.15) is 52.7 Å². The number of fused-ring (bicyclic) bond motifs is 1. The molecule has 2 aliphatic heterocycles. The van der Waals surface area contributed by atoms with Crippen LogP contribution < -0.4 is 0 Å². The third kappa shape index (κ3) is 2.46. The van der Waals surface area contributed by atoms with Gasteiger partial charge in [0.05, 0.1) is 29.2 Å². The molecule has 0 aromatic carbocycles. The predicted octanol–water partition coefficient (Wildman–Crippen LogP) is 2.12. The molecule has 0 bridgehead atoms. The largest absolute Gasteiger partial charge is 0.336 e. The van der Waals surface area contributed by atoms with Crippen LogP contribution in [0.25, 0.3) is 0 Å². The Morgan fingerprint density at radius 2 is 2.13 bits per heavy atom. The SMILES string of the molecule is Cc1cc(C)n(C2CCN(C(=O)c3cnn4c3CCCC4)C2)n1. The number of aromatic nitrogens is 4. The van der Waals surface area contributed by atoms with Crippen molar-refractivity contribution in [1.29, 1.82) is 0 Å². The number of carbonyl (C=O) groups is 1. The Kier molecular flexibility index (Phi) is 3.47. The minimum atomic E-state index is 0.136. The molecule has 1 amide bonds. The van der Waals surface area contributed by atoms with Crippen LogP contribution in [-0.2, 0) is 13.0 Å². The van der Waals surface area contributed by atoms with E-state index < -0.39 is 0 Å². The molecule has 0 spiro atoms. The molecular formula is C17H23N5O. The molecule has 2 aromatic rings. The van der Waals surface area contributed by atoms with Crippen LogP contribution in [0.4, 0.5) is 0 Å². The van der Waals surface area contributed by atoms with Crippen LogP contribution in [-0.4, -0.2) is 43.5 Å². The fourth-order valence-electron chi connectivity index (χ4n) is 3.91. The van der Waals surface area contributed by atoms with Crippen molar-refractivity contribution in [3.05, 3.63) is 34.9 Å². The van der Waals surface area contributed by atoms with Crippen LogP contribution in [0.5, 0.6) is 0 Å². The Morgan fingerprint density at radius 3 is 2.91 bits per heavy atom. The van der Waals surface area contributed by atoms with E-state index in [-0.39, 0.29) is 5.91 Å². The summed E-state index contributed by atoms with van der Waals surface area (Å²) < 4.78 is 4.08. The lowest BCUT2D eigenvalue weighted by molar-refractivity contribution is 0.0785. The van der Waals surface area contributed by atoms with E-state index in [9.17, 15) is 4.79 Å². The molecule has 1 atom stereocenters. The van der Waals surface area contributed by atoms with Gasteiger partial charge in [0.1, 0.15) is 0 Å². The van der Waals surface area contributed by atoms with Crippen molar-refractivity contribution in [3.63, 3.8) is 0 Å². The van der Waals surface area contributed by atoms with Crippen molar-refractivity contribution >= 4 is 5.91 Å². The minimum Gasteiger partial charge on any atom is -0.336 e. The maximum atomic E-state index is 12.9. The lowest BCUT2D eigenvalue weighted by Gasteiger charge is -2.19. The van der Waals surface area contributed by atoms with Gasteiger partial charge in [-0.25, -0.2) is 0 Å². The molecule has 0 N–H and O–H groups in total. The van der Waals surface area contributed by atoms with Crippen LogP contribution >= 0.6 is 0 Å². The first-order valence-electron chi connectivity index (χ1n) is 8.50. The Bertz CT molecular complexity index is 744. The first-order chi connectivity index (χ1) is 11.1. The first-order valence-corrected chi connectivity index (χ1v) is 8.50. The molecule has 2 aromatic heterocycles. The fourth-order valence-corrected chi connectivity index (χ4v) is 3.91. The van der Waals surface area contributed by atoms with Gasteiger partial charge in [-0.2, -0.15) is 10.2 Å². The summed E-state index contributed by atoms with van der Waals surface area (Å²) in [5.41, 5.74) is 4.14. The molecule has 1 fully saturated rings. The highest BCUT2D eigenvalue weighted by atomic mass is 16.2. The zero-order chi connectivity index (χ0) is 16.0. The summed E-state index contributed by atoms with van der Waals surface area (Å²) in [6.07, 6.45) is 6.01. The molecule has 6 heteroatoms. The Labute approximate surface area is 136 Å². The highest BCUT2D eigenvalue weighted by Crippen LogP contribution is 2.26. The molecule has 1 unspecified atom stereocenters.